The van der Waals surface area contributed by atoms with E-state index in [0.717, 1.165) is 16.7 Å². The molecular weight excluding hydrogens is 739 g/mol. The topological polar surface area (TPSA) is 131 Å². The van der Waals surface area contributed by atoms with E-state index in [2.05, 4.69) is 46.3 Å². The number of benzene rings is 3. The zero-order valence-electron chi connectivity index (χ0n) is 27.1. The molecule has 0 heterocycles. The third-order valence-electron chi connectivity index (χ3n) is 7.90. The Morgan fingerprint density at radius 2 is 0.936 bits per heavy atom. The van der Waals surface area contributed by atoms with E-state index in [0.29, 0.717) is 0 Å². The maximum atomic E-state index is 12.8. The molecule has 1 aliphatic rings. The number of hydrogen-bond donors (Lipinski definition) is 1. The van der Waals surface area contributed by atoms with Crippen molar-refractivity contribution in [2.75, 3.05) is 0 Å². The number of alkyl halides is 3. The van der Waals surface area contributed by atoms with Crippen molar-refractivity contribution in [2.45, 2.75) is 71.0 Å². The molecule has 0 spiro atoms. The largest absolute Gasteiger partial charge is 2.00 e. The Kier molecular flexibility index (Phi) is 16.4. The van der Waals surface area contributed by atoms with E-state index in [9.17, 15) is 21.6 Å². The van der Waals surface area contributed by atoms with E-state index in [1.165, 1.54) is 35.5 Å². The summed E-state index contributed by atoms with van der Waals surface area (Å²) in [6, 6.07) is 24.1. The maximum Gasteiger partial charge on any atom is 2.00 e. The van der Waals surface area contributed by atoms with Gasteiger partial charge < -0.3 is 15.0 Å². The third kappa shape index (κ3) is 12.0. The van der Waals surface area contributed by atoms with Gasteiger partial charge in [-0.3, -0.25) is 0 Å². The predicted octanol–water partition coefficient (Wildman–Crippen LogP) is 8.11. The van der Waals surface area contributed by atoms with Crippen LogP contribution in [0.15, 0.2) is 89.8 Å². The fraction of sp³-hybridized carbons (Fsp3) is 0.294. The first kappa shape index (κ1) is 42.9. The number of aryl methyl sites for hydroxylation is 1. The molecular formula is C34H39F3N2O5RuS2. The van der Waals surface area contributed by atoms with Crippen molar-refractivity contribution >= 4 is 20.1 Å². The summed E-state index contributed by atoms with van der Waals surface area (Å²) in [5.41, 5.74) is 3.37. The summed E-state index contributed by atoms with van der Waals surface area (Å²) in [6.07, 6.45) is 0. The van der Waals surface area contributed by atoms with Crippen molar-refractivity contribution in [3.05, 3.63) is 142 Å². The summed E-state index contributed by atoms with van der Waals surface area (Å²) in [4.78, 5) is 0.171. The van der Waals surface area contributed by atoms with Crippen LogP contribution in [0.3, 0.4) is 0 Å². The Balaban J connectivity index is 0.000000436. The van der Waals surface area contributed by atoms with Crippen LogP contribution < -0.4 is 5.73 Å². The van der Waals surface area contributed by atoms with Crippen LogP contribution in [0.1, 0.15) is 70.3 Å². The number of hydrogen-bond acceptors (Lipinski definition) is 6. The molecule has 13 heteroatoms. The first-order chi connectivity index (χ1) is 21.2. The van der Waals surface area contributed by atoms with E-state index in [1.807, 2.05) is 67.6 Å². The summed E-state index contributed by atoms with van der Waals surface area (Å²) in [5.74, 6) is 8.73. The molecule has 256 valence electrons. The molecule has 7 nitrogen and oxygen atoms in total. The molecule has 47 heavy (non-hydrogen) atoms. The van der Waals surface area contributed by atoms with E-state index < -0.39 is 37.7 Å². The summed E-state index contributed by atoms with van der Waals surface area (Å²) in [7, 11) is -9.92. The molecule has 2 atom stereocenters. The maximum absolute atomic E-state index is 12.8. The van der Waals surface area contributed by atoms with Crippen LogP contribution in [0, 0.1) is 42.4 Å². The SMILES string of the molecule is C[C]1[C](C)[C](C)[C](C)[C](C)[C]1C.Cc1ccc(S(=O)(=O)[N-][C@H](c2ccccc2)[C@H](N)c2ccccc2)cc1.O=S(=O)([O-])C(F)(F)F.[Ru+2]. The van der Waals surface area contributed by atoms with Gasteiger partial charge in [-0.15, -0.1) is 0 Å². The second-order valence-electron chi connectivity index (χ2n) is 10.8. The zero-order chi connectivity index (χ0) is 35.0. The van der Waals surface area contributed by atoms with E-state index in [4.69, 9.17) is 18.7 Å². The summed E-state index contributed by atoms with van der Waals surface area (Å²) in [6.45, 7) is 15.2. The van der Waals surface area contributed by atoms with Gasteiger partial charge in [0.15, 0.2) is 10.1 Å². The number of nitrogens with two attached hydrogens (primary N) is 1. The van der Waals surface area contributed by atoms with Crippen molar-refractivity contribution in [3.63, 3.8) is 0 Å². The molecule has 3 aromatic rings. The first-order valence-electron chi connectivity index (χ1n) is 14.1. The molecule has 3 aromatic carbocycles. The summed E-state index contributed by atoms with van der Waals surface area (Å²) < 4.78 is 88.8. The molecule has 2 N–H and O–H groups in total. The zero-order valence-corrected chi connectivity index (χ0v) is 30.5. The van der Waals surface area contributed by atoms with Gasteiger partial charge in [0, 0.05) is 10.9 Å². The number of nitrogens with zero attached hydrogens (tertiary/aromatic N) is 1. The Morgan fingerprint density at radius 3 is 1.26 bits per heavy atom. The normalized spacial score (nSPS) is 17.4. The Bertz CT molecular complexity index is 1520. The Morgan fingerprint density at radius 1 is 0.617 bits per heavy atom. The van der Waals surface area contributed by atoms with Crippen LogP contribution in [0.5, 0.6) is 0 Å². The Hall–Kier alpha value is -2.15. The van der Waals surface area contributed by atoms with Crippen LogP contribution in [-0.2, 0) is 39.6 Å². The Labute approximate surface area is 291 Å². The van der Waals surface area contributed by atoms with Gasteiger partial charge in [-0.05, 0) is 60.1 Å². The van der Waals surface area contributed by atoms with Crippen molar-refractivity contribution < 1.29 is 54.0 Å². The van der Waals surface area contributed by atoms with Crippen LogP contribution in [0.25, 0.3) is 4.72 Å². The number of sulfonamides is 1. The number of halogens is 3. The molecule has 0 aromatic heterocycles. The predicted molar refractivity (Wildman–Crippen MR) is 174 cm³/mol. The van der Waals surface area contributed by atoms with Gasteiger partial charge in [0.1, 0.15) is 10.0 Å². The van der Waals surface area contributed by atoms with Gasteiger partial charge in [0.2, 0.25) is 0 Å². The smallest absolute Gasteiger partial charge is 0.741 e. The van der Waals surface area contributed by atoms with Gasteiger partial charge in [0.25, 0.3) is 0 Å². The number of rotatable bonds is 6. The average Bonchev–Trinajstić information content (AvgIpc) is 3.01. The summed E-state index contributed by atoms with van der Waals surface area (Å²) >= 11 is 0. The molecule has 6 radical (unpaired) electrons. The molecule has 1 aliphatic carbocycles. The molecule has 0 unspecified atom stereocenters. The van der Waals surface area contributed by atoms with Crippen LogP contribution in [-0.4, -0.2) is 26.9 Å². The van der Waals surface area contributed by atoms with E-state index in [-0.39, 0.29) is 24.4 Å². The molecule has 1 saturated carbocycles. The third-order valence-corrected chi connectivity index (χ3v) is 9.83. The van der Waals surface area contributed by atoms with Crippen molar-refractivity contribution in [1.82, 2.24) is 0 Å². The minimum Gasteiger partial charge on any atom is -0.741 e. The molecule has 1 fully saturated rings. The fourth-order valence-corrected chi connectivity index (χ4v) is 5.60. The monoisotopic (exact) mass is 778 g/mol. The minimum atomic E-state index is -6.09. The second kappa shape index (κ2) is 18.0. The fourth-order valence-electron chi connectivity index (χ4n) is 4.45. The molecule has 0 saturated heterocycles. The summed E-state index contributed by atoms with van der Waals surface area (Å²) in [5, 5.41) is 0. The molecule has 0 amide bonds. The standard InChI is InChI=1S/C21H21N2O2S.C12H18.CHF3O3S.Ru/c1-16-12-14-19(15-13-16)26(24,25)23-21(18-10-6-3-7-11-18)20(22)17-8-4-2-5-9-17;1-7-8(2)10(4)12(6)11(5)9(7)3;2-1(3,4)8(5,6)7;/h2-15,20-21H,22H2,1H3;1-6H3;(H,5,6,7);/q-1;;;+2/p-1/t20-,21-;;;/m1.../s1. The average molecular weight is 778 g/mol. The molecule has 4 rings (SSSR count). The van der Waals surface area contributed by atoms with Crippen molar-refractivity contribution in [2.24, 2.45) is 5.73 Å². The second-order valence-corrected chi connectivity index (χ2v) is 13.8. The van der Waals surface area contributed by atoms with Crippen LogP contribution in [0.4, 0.5) is 13.2 Å². The van der Waals surface area contributed by atoms with Crippen LogP contribution >= 0.6 is 0 Å². The van der Waals surface area contributed by atoms with Crippen LogP contribution in [0.2, 0.25) is 0 Å². The quantitative estimate of drug-likeness (QED) is 0.153. The van der Waals surface area contributed by atoms with E-state index in [1.54, 1.807) is 24.3 Å². The van der Waals surface area contributed by atoms with Gasteiger partial charge in [0.05, 0.1) is 0 Å². The molecule has 0 bridgehead atoms. The van der Waals surface area contributed by atoms with Gasteiger partial charge in [-0.1, -0.05) is 132 Å². The minimum absolute atomic E-state index is 0. The van der Waals surface area contributed by atoms with Crippen molar-refractivity contribution in [3.8, 4) is 0 Å². The van der Waals surface area contributed by atoms with Crippen molar-refractivity contribution in [1.29, 1.82) is 0 Å². The van der Waals surface area contributed by atoms with Gasteiger partial charge in [-0.25, -0.2) is 16.8 Å². The first-order valence-corrected chi connectivity index (χ1v) is 17.0. The molecule has 0 aliphatic heterocycles. The van der Waals surface area contributed by atoms with E-state index >= 15 is 0 Å². The van der Waals surface area contributed by atoms with Gasteiger partial charge >= 0.3 is 25.0 Å². The van der Waals surface area contributed by atoms with Gasteiger partial charge in [-0.2, -0.15) is 13.2 Å².